The van der Waals surface area contributed by atoms with Gasteiger partial charge >= 0.3 is 7.82 Å². The maximum Gasteiger partial charge on any atom is 0.472 e. The molecular formula is C29H56N3O9PS. The van der Waals surface area contributed by atoms with E-state index < -0.39 is 63.3 Å². The van der Waals surface area contributed by atoms with E-state index in [4.69, 9.17) is 31.7 Å². The molecule has 0 saturated carbocycles. The largest absolute Gasteiger partial charge is 0.472 e. The Kier molecular flexibility index (Phi) is 20.2. The average Bonchev–Trinajstić information content (AvgIpc) is 2.94. The third kappa shape index (κ3) is 17.9. The molecule has 0 amide bonds. The van der Waals surface area contributed by atoms with Crippen LogP contribution in [0.4, 0.5) is 0 Å². The van der Waals surface area contributed by atoms with Gasteiger partial charge < -0.3 is 30.7 Å². The molecule has 14 heteroatoms. The number of aromatic nitrogens is 2. The number of nitrogens with two attached hydrogens (primary N) is 1. The van der Waals surface area contributed by atoms with Gasteiger partial charge in [-0.3, -0.25) is 23.4 Å². The van der Waals surface area contributed by atoms with Crippen molar-refractivity contribution in [2.45, 2.75) is 141 Å². The highest BCUT2D eigenvalue weighted by molar-refractivity contribution is 7.71. The molecule has 0 bridgehead atoms. The molecule has 0 aromatic carbocycles. The van der Waals surface area contributed by atoms with Crippen molar-refractivity contribution in [3.63, 3.8) is 0 Å². The lowest BCUT2D eigenvalue weighted by molar-refractivity contribution is -0.173. The van der Waals surface area contributed by atoms with Crippen LogP contribution in [0.3, 0.4) is 0 Å². The van der Waals surface area contributed by atoms with Crippen LogP contribution in [0.5, 0.6) is 0 Å². The summed E-state index contributed by atoms with van der Waals surface area (Å²) in [6.45, 7) is 3.51. The summed E-state index contributed by atoms with van der Waals surface area (Å²) >= 11 is 5.14. The van der Waals surface area contributed by atoms with Crippen molar-refractivity contribution in [2.24, 2.45) is 5.73 Å². The zero-order valence-electron chi connectivity index (χ0n) is 26.2. The van der Waals surface area contributed by atoms with E-state index in [0.717, 1.165) is 19.3 Å². The molecule has 1 heterocycles. The average molecular weight is 654 g/mol. The second-order valence-electron chi connectivity index (χ2n) is 11.8. The summed E-state index contributed by atoms with van der Waals surface area (Å²) in [5.74, 6) is 0. The number of H-pyrrole nitrogens is 1. The number of nitrogens with one attached hydrogen (secondary N) is 1. The fourth-order valence-electron chi connectivity index (χ4n) is 4.59. The number of phosphoric acid groups is 1. The maximum absolute atomic E-state index is 12.4. The lowest BCUT2D eigenvalue weighted by Crippen LogP contribution is -2.40. The van der Waals surface area contributed by atoms with Crippen LogP contribution in [-0.2, 0) is 18.3 Å². The third-order valence-electron chi connectivity index (χ3n) is 7.18. The van der Waals surface area contributed by atoms with E-state index in [-0.39, 0.29) is 4.77 Å². The molecule has 0 radical (unpaired) electrons. The van der Waals surface area contributed by atoms with Crippen molar-refractivity contribution in [3.8, 4) is 0 Å². The Morgan fingerprint density at radius 2 is 1.51 bits per heavy atom. The van der Waals surface area contributed by atoms with Crippen LogP contribution in [0, 0.1) is 4.77 Å². The molecule has 12 nitrogen and oxygen atoms in total. The van der Waals surface area contributed by atoms with Gasteiger partial charge in [0.25, 0.3) is 5.56 Å². The summed E-state index contributed by atoms with van der Waals surface area (Å²) < 4.78 is 29.4. The Hall–Kier alpha value is -0.990. The Morgan fingerprint density at radius 3 is 2.00 bits per heavy atom. The number of ether oxygens (including phenoxy) is 1. The van der Waals surface area contributed by atoms with Crippen LogP contribution >= 0.6 is 20.0 Å². The van der Waals surface area contributed by atoms with Gasteiger partial charge in [-0.15, -0.1) is 0 Å². The molecular weight excluding hydrogens is 597 g/mol. The summed E-state index contributed by atoms with van der Waals surface area (Å²) in [6, 6.07) is 0.307. The monoisotopic (exact) mass is 653 g/mol. The van der Waals surface area contributed by atoms with E-state index in [0.29, 0.717) is 6.42 Å². The minimum atomic E-state index is -4.61. The van der Waals surface area contributed by atoms with Gasteiger partial charge in [0, 0.05) is 12.3 Å². The van der Waals surface area contributed by atoms with E-state index in [2.05, 4.69) is 11.9 Å². The molecule has 1 unspecified atom stereocenters. The first-order valence-electron chi connectivity index (χ1n) is 15.7. The predicted octanol–water partition coefficient (Wildman–Crippen LogP) is 4.86. The number of nitrogens with zero attached hydrogens (tertiary/aromatic N) is 1. The number of hydrogen-bond donors (Lipinski definition) is 6. The second kappa shape index (κ2) is 21.7. The van der Waals surface area contributed by atoms with Crippen LogP contribution < -0.4 is 11.3 Å². The molecule has 43 heavy (non-hydrogen) atoms. The first-order valence-corrected chi connectivity index (χ1v) is 17.6. The standard InChI is InChI=1S/C29H56N3O9PS/c1-4-5-6-7-8-9-10-11-12-13-14-15-16-17-25(34)24(30)22-40-42(37,38)39-21-23(20-33)41-27(29(2,3)36)32-19-18-26(35)31-28(32)43/h18-19,23-25,27,33-34,36H,4-17,20-22,30H2,1-3H3,(H,37,38)(H,31,35,43)/t23-,24-,25+,27+/m0/s1. The summed E-state index contributed by atoms with van der Waals surface area (Å²) in [5.41, 5.74) is 3.99. The molecule has 252 valence electrons. The quantitative estimate of drug-likeness (QED) is 0.0455. The highest BCUT2D eigenvalue weighted by atomic mass is 32.1. The molecule has 0 aliphatic heterocycles. The van der Waals surface area contributed by atoms with Gasteiger partial charge in [0.05, 0.1) is 32.0 Å². The minimum Gasteiger partial charge on any atom is -0.394 e. The first kappa shape index (κ1) is 40.0. The van der Waals surface area contributed by atoms with Crippen LogP contribution in [0.1, 0.15) is 117 Å². The Labute approximate surface area is 261 Å². The van der Waals surface area contributed by atoms with E-state index in [9.17, 15) is 29.6 Å². The fourth-order valence-corrected chi connectivity index (χ4v) is 5.64. The molecule has 0 aliphatic rings. The Bertz CT molecular complexity index is 1030. The van der Waals surface area contributed by atoms with Crippen LogP contribution in [0.2, 0.25) is 0 Å². The van der Waals surface area contributed by atoms with Crippen LogP contribution in [0.25, 0.3) is 0 Å². The van der Waals surface area contributed by atoms with Crippen molar-refractivity contribution >= 4 is 20.0 Å². The van der Waals surface area contributed by atoms with Gasteiger partial charge in [-0.1, -0.05) is 90.4 Å². The summed E-state index contributed by atoms with van der Waals surface area (Å²) in [4.78, 5) is 24.0. The van der Waals surface area contributed by atoms with E-state index in [1.807, 2.05) is 0 Å². The van der Waals surface area contributed by atoms with E-state index in [1.165, 1.54) is 94.9 Å². The normalized spacial score (nSPS) is 16.5. The number of aromatic amines is 1. The van der Waals surface area contributed by atoms with Crippen LogP contribution in [0.15, 0.2) is 17.1 Å². The smallest absolute Gasteiger partial charge is 0.394 e. The summed E-state index contributed by atoms with van der Waals surface area (Å²) in [5, 5.41) is 30.7. The molecule has 0 fully saturated rings. The third-order valence-corrected chi connectivity index (χ3v) is 8.45. The number of aliphatic hydroxyl groups is 3. The number of rotatable bonds is 26. The Balaban J connectivity index is 2.34. The van der Waals surface area contributed by atoms with Gasteiger partial charge in [0.1, 0.15) is 11.7 Å². The number of unbranched alkanes of at least 4 members (excludes halogenated alkanes) is 12. The lowest BCUT2D eigenvalue weighted by atomic mass is 10.0. The zero-order chi connectivity index (χ0) is 32.3. The predicted molar refractivity (Wildman–Crippen MR) is 169 cm³/mol. The van der Waals surface area contributed by atoms with E-state index in [1.54, 1.807) is 0 Å². The number of phosphoric ester groups is 1. The molecule has 1 rings (SSSR count). The van der Waals surface area contributed by atoms with Gasteiger partial charge in [0.15, 0.2) is 11.0 Å². The van der Waals surface area contributed by atoms with Gasteiger partial charge in [0.2, 0.25) is 0 Å². The highest BCUT2D eigenvalue weighted by Crippen LogP contribution is 2.43. The van der Waals surface area contributed by atoms with E-state index >= 15 is 0 Å². The number of hydrogen-bond acceptors (Lipinski definition) is 10. The number of aliphatic hydroxyl groups excluding tert-OH is 2. The maximum atomic E-state index is 12.4. The molecule has 5 atom stereocenters. The van der Waals surface area contributed by atoms with Crippen molar-refractivity contribution in [2.75, 3.05) is 19.8 Å². The first-order chi connectivity index (χ1) is 20.3. The van der Waals surface area contributed by atoms with Crippen molar-refractivity contribution in [1.29, 1.82) is 0 Å². The van der Waals surface area contributed by atoms with Crippen LogP contribution in [-0.4, -0.2) is 73.4 Å². The zero-order valence-corrected chi connectivity index (χ0v) is 27.9. The topological polar surface area (TPSA) is 189 Å². The van der Waals surface area contributed by atoms with Gasteiger partial charge in [-0.25, -0.2) is 4.57 Å². The molecule has 0 spiro atoms. The van der Waals surface area contributed by atoms with Crippen molar-refractivity contribution < 1.29 is 38.6 Å². The van der Waals surface area contributed by atoms with Gasteiger partial charge in [-0.05, 0) is 32.5 Å². The second-order valence-corrected chi connectivity index (χ2v) is 13.6. The molecule has 0 saturated heterocycles. The summed E-state index contributed by atoms with van der Waals surface area (Å²) in [7, 11) is -4.61. The molecule has 1 aromatic heterocycles. The van der Waals surface area contributed by atoms with Gasteiger partial charge in [-0.2, -0.15) is 0 Å². The Morgan fingerprint density at radius 1 is 1.00 bits per heavy atom. The summed E-state index contributed by atoms with van der Waals surface area (Å²) in [6.07, 6.45) is 14.4. The van der Waals surface area contributed by atoms with Crippen molar-refractivity contribution in [1.82, 2.24) is 9.55 Å². The molecule has 1 aromatic rings. The minimum absolute atomic E-state index is 0.0280. The molecule has 0 aliphatic carbocycles. The fraction of sp³-hybridized carbons (Fsp3) is 0.862. The lowest BCUT2D eigenvalue weighted by Gasteiger charge is -2.34. The van der Waals surface area contributed by atoms with Crippen molar-refractivity contribution in [3.05, 3.63) is 27.4 Å². The highest BCUT2D eigenvalue weighted by Gasteiger charge is 2.34. The molecule has 7 N–H and O–H groups in total. The SMILES string of the molecule is CCCCCCCCCCCCCCC[C@@H](O)[C@@H](N)COP(=O)(O)OC[C@H](CO)O[C@@H](n1ccc(=O)[nH]c1=S)C(C)(C)O.